The van der Waals surface area contributed by atoms with Gasteiger partial charge in [-0.3, -0.25) is 4.79 Å². The zero-order valence-electron chi connectivity index (χ0n) is 21.3. The molecular weight excluding hydrogens is 434 g/mol. The molecule has 1 fully saturated rings. The molecule has 8 nitrogen and oxygen atoms in total. The van der Waals surface area contributed by atoms with Gasteiger partial charge in [-0.25, -0.2) is 9.59 Å². The number of likely N-dealkylation sites (tertiary alicyclic amines) is 1. The fraction of sp³-hybridized carbons (Fsp3) is 0.654. The number of nitrogens with one attached hydrogen (secondary N) is 1. The number of hydrogen-bond acceptors (Lipinski definition) is 5. The largest absolute Gasteiger partial charge is 0.445 e. The molecule has 1 unspecified atom stereocenters. The van der Waals surface area contributed by atoms with Crippen LogP contribution in [0.4, 0.5) is 9.59 Å². The summed E-state index contributed by atoms with van der Waals surface area (Å²) in [6, 6.07) is 9.51. The van der Waals surface area contributed by atoms with Gasteiger partial charge in [-0.2, -0.15) is 0 Å². The quantitative estimate of drug-likeness (QED) is 0.528. The summed E-state index contributed by atoms with van der Waals surface area (Å²) in [5.74, 6) is 0.302. The summed E-state index contributed by atoms with van der Waals surface area (Å²) in [7, 11) is 0. The van der Waals surface area contributed by atoms with Crippen molar-refractivity contribution < 1.29 is 23.9 Å². The number of carbonyl (C=O) groups excluding carboxylic acids is 3. The van der Waals surface area contributed by atoms with Gasteiger partial charge in [0.25, 0.3) is 0 Å². The van der Waals surface area contributed by atoms with E-state index in [1.165, 1.54) is 0 Å². The zero-order chi connectivity index (χ0) is 25.1. The first kappa shape index (κ1) is 27.5. The van der Waals surface area contributed by atoms with Gasteiger partial charge in [-0.1, -0.05) is 30.3 Å². The maximum atomic E-state index is 12.7. The van der Waals surface area contributed by atoms with Crippen LogP contribution in [0.5, 0.6) is 0 Å². The molecule has 0 aromatic heterocycles. The van der Waals surface area contributed by atoms with E-state index >= 15 is 0 Å². The van der Waals surface area contributed by atoms with Crippen LogP contribution in [0.15, 0.2) is 30.3 Å². The van der Waals surface area contributed by atoms with E-state index in [-0.39, 0.29) is 30.6 Å². The molecular formula is C26H41N3O5. The molecule has 1 atom stereocenters. The lowest BCUT2D eigenvalue weighted by molar-refractivity contribution is -0.133. The van der Waals surface area contributed by atoms with Crippen LogP contribution in [0, 0.1) is 5.92 Å². The van der Waals surface area contributed by atoms with E-state index < -0.39 is 11.7 Å². The Bertz CT molecular complexity index is 791. The predicted molar refractivity (Wildman–Crippen MR) is 131 cm³/mol. The third-order valence-corrected chi connectivity index (χ3v) is 5.63. The third-order valence-electron chi connectivity index (χ3n) is 5.63. The van der Waals surface area contributed by atoms with Crippen LogP contribution in [-0.4, -0.2) is 65.7 Å². The number of nitrogens with zero attached hydrogens (tertiary/aromatic N) is 2. The molecule has 1 aliphatic heterocycles. The second-order valence-electron chi connectivity index (χ2n) is 10.2. The number of benzene rings is 1. The first-order valence-electron chi connectivity index (χ1n) is 12.3. The van der Waals surface area contributed by atoms with Crippen molar-refractivity contribution in [2.24, 2.45) is 5.92 Å². The van der Waals surface area contributed by atoms with Crippen LogP contribution < -0.4 is 5.32 Å². The number of alkyl carbamates (subject to hydrolysis) is 1. The number of piperidine rings is 1. The molecule has 190 valence electrons. The van der Waals surface area contributed by atoms with Gasteiger partial charge in [0.05, 0.1) is 0 Å². The molecule has 1 aromatic rings. The van der Waals surface area contributed by atoms with Gasteiger partial charge < -0.3 is 24.6 Å². The lowest BCUT2D eigenvalue weighted by Gasteiger charge is -2.37. The van der Waals surface area contributed by atoms with Crippen LogP contribution >= 0.6 is 0 Å². The standard InChI is InChI=1S/C26H41N3O5/c1-20(2)29(25(32)34-26(3,4)5)18-22-13-10-16-28(17-22)23(30)14-9-15-27-24(31)33-19-21-11-7-6-8-12-21/h6-8,11-12,20,22H,9-10,13-19H2,1-5H3,(H,27,31). The highest BCUT2D eigenvalue weighted by Crippen LogP contribution is 2.21. The first-order chi connectivity index (χ1) is 16.0. The Hall–Kier alpha value is -2.77. The maximum Gasteiger partial charge on any atom is 0.410 e. The Morgan fingerprint density at radius 2 is 1.88 bits per heavy atom. The summed E-state index contributed by atoms with van der Waals surface area (Å²) in [6.45, 7) is 12.1. The van der Waals surface area contributed by atoms with Crippen molar-refractivity contribution in [2.75, 3.05) is 26.2 Å². The molecule has 8 heteroatoms. The lowest BCUT2D eigenvalue weighted by Crippen LogP contribution is -2.48. The Kier molecular flexibility index (Phi) is 10.7. The smallest absolute Gasteiger partial charge is 0.410 e. The Labute approximate surface area is 204 Å². The maximum absolute atomic E-state index is 12.7. The fourth-order valence-corrected chi connectivity index (χ4v) is 3.90. The van der Waals surface area contributed by atoms with E-state index in [2.05, 4.69) is 5.32 Å². The zero-order valence-corrected chi connectivity index (χ0v) is 21.3. The van der Waals surface area contributed by atoms with E-state index in [4.69, 9.17) is 9.47 Å². The molecule has 1 aromatic carbocycles. The van der Waals surface area contributed by atoms with Gasteiger partial charge in [0, 0.05) is 38.6 Å². The van der Waals surface area contributed by atoms with E-state index in [0.717, 1.165) is 24.9 Å². The number of ether oxygens (including phenoxy) is 2. The summed E-state index contributed by atoms with van der Waals surface area (Å²) in [6.07, 6.45) is 2.02. The Morgan fingerprint density at radius 3 is 2.53 bits per heavy atom. The number of carbonyl (C=O) groups is 3. The van der Waals surface area contributed by atoms with Crippen molar-refractivity contribution in [3.63, 3.8) is 0 Å². The average molecular weight is 476 g/mol. The van der Waals surface area contributed by atoms with Crippen LogP contribution in [0.2, 0.25) is 0 Å². The second-order valence-corrected chi connectivity index (χ2v) is 10.2. The summed E-state index contributed by atoms with van der Waals surface area (Å²) in [4.78, 5) is 40.8. The Morgan fingerprint density at radius 1 is 1.18 bits per heavy atom. The fourth-order valence-electron chi connectivity index (χ4n) is 3.90. The molecule has 1 saturated heterocycles. The van der Waals surface area contributed by atoms with Crippen molar-refractivity contribution in [3.05, 3.63) is 35.9 Å². The topological polar surface area (TPSA) is 88.2 Å². The minimum absolute atomic E-state index is 0.0219. The van der Waals surface area contributed by atoms with E-state index in [1.54, 1.807) is 4.90 Å². The molecule has 1 aliphatic rings. The van der Waals surface area contributed by atoms with E-state index in [0.29, 0.717) is 32.5 Å². The number of rotatable bonds is 9. The van der Waals surface area contributed by atoms with Crippen LogP contribution in [0.3, 0.4) is 0 Å². The normalized spacial score (nSPS) is 16.2. The molecule has 34 heavy (non-hydrogen) atoms. The van der Waals surface area contributed by atoms with Crippen LogP contribution in [-0.2, 0) is 20.9 Å². The van der Waals surface area contributed by atoms with Crippen LogP contribution in [0.1, 0.15) is 65.9 Å². The summed E-state index contributed by atoms with van der Waals surface area (Å²) >= 11 is 0. The molecule has 0 radical (unpaired) electrons. The van der Waals surface area contributed by atoms with E-state index in [1.807, 2.05) is 69.9 Å². The minimum atomic E-state index is -0.541. The monoisotopic (exact) mass is 475 g/mol. The van der Waals surface area contributed by atoms with Crippen molar-refractivity contribution in [1.29, 1.82) is 0 Å². The number of amides is 3. The van der Waals surface area contributed by atoms with Crippen molar-refractivity contribution in [3.8, 4) is 0 Å². The van der Waals surface area contributed by atoms with E-state index in [9.17, 15) is 14.4 Å². The second kappa shape index (κ2) is 13.2. The molecule has 0 bridgehead atoms. The van der Waals surface area contributed by atoms with Crippen molar-refractivity contribution in [1.82, 2.24) is 15.1 Å². The van der Waals surface area contributed by atoms with Gasteiger partial charge in [0.15, 0.2) is 0 Å². The van der Waals surface area contributed by atoms with Gasteiger partial charge in [-0.05, 0) is 65.4 Å². The highest BCUT2D eigenvalue weighted by molar-refractivity contribution is 5.76. The molecule has 1 N–H and O–H groups in total. The first-order valence-corrected chi connectivity index (χ1v) is 12.3. The molecule has 0 saturated carbocycles. The highest BCUT2D eigenvalue weighted by atomic mass is 16.6. The highest BCUT2D eigenvalue weighted by Gasteiger charge is 2.30. The molecule has 0 aliphatic carbocycles. The van der Waals surface area contributed by atoms with Gasteiger partial charge >= 0.3 is 12.2 Å². The number of hydrogen-bond donors (Lipinski definition) is 1. The SMILES string of the molecule is CC(C)N(CC1CCCN(C(=O)CCCNC(=O)OCc2ccccc2)C1)C(=O)OC(C)(C)C. The molecule has 3 amide bonds. The predicted octanol–water partition coefficient (Wildman–Crippen LogP) is 4.58. The molecule has 0 spiro atoms. The van der Waals surface area contributed by atoms with Crippen LogP contribution in [0.25, 0.3) is 0 Å². The summed E-state index contributed by atoms with van der Waals surface area (Å²) < 4.78 is 10.7. The van der Waals surface area contributed by atoms with Gasteiger partial charge in [-0.15, -0.1) is 0 Å². The molecule has 1 heterocycles. The van der Waals surface area contributed by atoms with Gasteiger partial charge in [0.2, 0.25) is 5.91 Å². The van der Waals surface area contributed by atoms with Crippen molar-refractivity contribution in [2.45, 2.75) is 78.6 Å². The summed E-state index contributed by atoms with van der Waals surface area (Å²) in [5.41, 5.74) is 0.385. The Balaban J connectivity index is 1.71. The van der Waals surface area contributed by atoms with Crippen molar-refractivity contribution >= 4 is 18.1 Å². The average Bonchev–Trinajstić information content (AvgIpc) is 2.78. The minimum Gasteiger partial charge on any atom is -0.445 e. The third kappa shape index (κ3) is 10.0. The lowest BCUT2D eigenvalue weighted by atomic mass is 9.96. The van der Waals surface area contributed by atoms with Gasteiger partial charge in [0.1, 0.15) is 12.2 Å². The molecule has 2 rings (SSSR count). The summed E-state index contributed by atoms with van der Waals surface area (Å²) in [5, 5.41) is 2.70.